The summed E-state index contributed by atoms with van der Waals surface area (Å²) in [5, 5.41) is 3.28. The smallest absolute Gasteiger partial charge is 0.338 e. The monoisotopic (exact) mass is 393 g/mol. The molecular formula is C19H17Cl2NO4. The molecule has 0 saturated heterocycles. The van der Waals surface area contributed by atoms with E-state index >= 15 is 0 Å². The lowest BCUT2D eigenvalue weighted by Crippen LogP contribution is -2.18. The van der Waals surface area contributed by atoms with Gasteiger partial charge in [-0.25, -0.2) is 4.79 Å². The summed E-state index contributed by atoms with van der Waals surface area (Å²) in [4.78, 5) is 35.7. The van der Waals surface area contributed by atoms with Crippen molar-refractivity contribution in [3.05, 3.63) is 63.6 Å². The Morgan fingerprint density at radius 3 is 2.15 bits per heavy atom. The first-order valence-electron chi connectivity index (χ1n) is 7.84. The van der Waals surface area contributed by atoms with Crippen LogP contribution in [-0.2, 0) is 9.53 Å². The highest BCUT2D eigenvalue weighted by molar-refractivity contribution is 6.42. The minimum absolute atomic E-state index is 0.111. The van der Waals surface area contributed by atoms with Gasteiger partial charge >= 0.3 is 5.97 Å². The van der Waals surface area contributed by atoms with E-state index < -0.39 is 12.6 Å². The molecule has 2 aromatic rings. The summed E-state index contributed by atoms with van der Waals surface area (Å²) >= 11 is 11.6. The Kier molecular flexibility index (Phi) is 6.77. The van der Waals surface area contributed by atoms with Crippen molar-refractivity contribution in [3.63, 3.8) is 0 Å². The van der Waals surface area contributed by atoms with Crippen LogP contribution >= 0.6 is 23.2 Å². The Morgan fingerprint density at radius 2 is 1.58 bits per heavy atom. The molecule has 0 unspecified atom stereocenters. The molecule has 0 aliphatic heterocycles. The molecular weight excluding hydrogens is 377 g/mol. The molecule has 0 heterocycles. The van der Waals surface area contributed by atoms with Crippen LogP contribution in [0, 0.1) is 5.92 Å². The lowest BCUT2D eigenvalue weighted by molar-refractivity contribution is -0.118. The van der Waals surface area contributed by atoms with Crippen molar-refractivity contribution < 1.29 is 19.1 Å². The number of carbonyl (C=O) groups is 3. The highest BCUT2D eigenvalue weighted by Crippen LogP contribution is 2.23. The van der Waals surface area contributed by atoms with Crippen LogP contribution in [0.5, 0.6) is 0 Å². The van der Waals surface area contributed by atoms with E-state index in [1.807, 2.05) is 0 Å². The number of ketones is 1. The second-order valence-electron chi connectivity index (χ2n) is 5.85. The Bertz CT molecular complexity index is 832. The summed E-state index contributed by atoms with van der Waals surface area (Å²) in [7, 11) is 0. The van der Waals surface area contributed by atoms with Gasteiger partial charge in [-0.3, -0.25) is 9.59 Å². The van der Waals surface area contributed by atoms with Gasteiger partial charge in [0, 0.05) is 17.2 Å². The normalized spacial score (nSPS) is 10.5. The number of ether oxygens (including phenoxy) is 1. The van der Waals surface area contributed by atoms with Crippen molar-refractivity contribution in [2.45, 2.75) is 13.8 Å². The zero-order valence-electron chi connectivity index (χ0n) is 14.2. The molecule has 1 N–H and O–H groups in total. The number of anilines is 1. The molecule has 2 aromatic carbocycles. The fourth-order valence-electron chi connectivity index (χ4n) is 1.95. The SMILES string of the molecule is CC(C)C(=O)Nc1ccc(C(=O)COC(=O)c2ccc(Cl)c(Cl)c2)cc1. The van der Waals surface area contributed by atoms with Crippen LogP contribution in [0.4, 0.5) is 5.69 Å². The van der Waals surface area contributed by atoms with Gasteiger partial charge in [0.25, 0.3) is 0 Å². The number of nitrogens with one attached hydrogen (secondary N) is 1. The minimum atomic E-state index is -0.669. The lowest BCUT2D eigenvalue weighted by atomic mass is 10.1. The molecule has 5 nitrogen and oxygen atoms in total. The third kappa shape index (κ3) is 5.31. The molecule has 0 fully saturated rings. The zero-order chi connectivity index (χ0) is 19.3. The fourth-order valence-corrected chi connectivity index (χ4v) is 2.25. The first kappa shape index (κ1) is 19.9. The molecule has 2 rings (SSSR count). The molecule has 7 heteroatoms. The fraction of sp³-hybridized carbons (Fsp3) is 0.211. The molecule has 1 amide bonds. The molecule has 0 aliphatic rings. The van der Waals surface area contributed by atoms with Gasteiger partial charge in [-0.2, -0.15) is 0 Å². The van der Waals surface area contributed by atoms with E-state index in [1.165, 1.54) is 18.2 Å². The van der Waals surface area contributed by atoms with Crippen LogP contribution < -0.4 is 5.32 Å². The van der Waals surface area contributed by atoms with Crippen LogP contribution in [-0.4, -0.2) is 24.3 Å². The Hall–Kier alpha value is -2.37. The summed E-state index contributed by atoms with van der Waals surface area (Å²) in [5.41, 5.74) is 1.17. The maximum atomic E-state index is 12.1. The minimum Gasteiger partial charge on any atom is -0.454 e. The number of Topliss-reactive ketones (excluding diaryl/α,β-unsaturated/α-hetero) is 1. The maximum absolute atomic E-state index is 12.1. The van der Waals surface area contributed by atoms with Gasteiger partial charge in [-0.05, 0) is 42.5 Å². The summed E-state index contributed by atoms with van der Waals surface area (Å²) < 4.78 is 5.01. The van der Waals surface area contributed by atoms with Gasteiger partial charge in [0.2, 0.25) is 5.91 Å². The Labute approximate surface area is 161 Å². The molecule has 136 valence electrons. The molecule has 26 heavy (non-hydrogen) atoms. The first-order valence-corrected chi connectivity index (χ1v) is 8.60. The molecule has 0 atom stereocenters. The number of hydrogen-bond donors (Lipinski definition) is 1. The van der Waals surface area contributed by atoms with E-state index in [0.717, 1.165) is 0 Å². The van der Waals surface area contributed by atoms with Crippen LogP contribution in [0.3, 0.4) is 0 Å². The van der Waals surface area contributed by atoms with Gasteiger partial charge in [-0.15, -0.1) is 0 Å². The highest BCUT2D eigenvalue weighted by Gasteiger charge is 2.14. The number of halogens is 2. The van der Waals surface area contributed by atoms with E-state index in [1.54, 1.807) is 38.1 Å². The predicted molar refractivity (Wildman–Crippen MR) is 101 cm³/mol. The molecule has 0 aliphatic carbocycles. The highest BCUT2D eigenvalue weighted by atomic mass is 35.5. The number of benzene rings is 2. The van der Waals surface area contributed by atoms with Crippen LogP contribution in [0.25, 0.3) is 0 Å². The number of esters is 1. The van der Waals surface area contributed by atoms with Crippen molar-refractivity contribution >= 4 is 46.5 Å². The zero-order valence-corrected chi connectivity index (χ0v) is 15.7. The average molecular weight is 394 g/mol. The van der Waals surface area contributed by atoms with Crippen molar-refractivity contribution in [1.29, 1.82) is 0 Å². The second-order valence-corrected chi connectivity index (χ2v) is 6.66. The van der Waals surface area contributed by atoms with Crippen LogP contribution in [0.1, 0.15) is 34.6 Å². The lowest BCUT2D eigenvalue weighted by Gasteiger charge is -2.08. The van der Waals surface area contributed by atoms with Gasteiger partial charge in [0.15, 0.2) is 12.4 Å². The summed E-state index contributed by atoms with van der Waals surface area (Å²) in [6, 6.07) is 10.7. The van der Waals surface area contributed by atoms with E-state index in [4.69, 9.17) is 27.9 Å². The number of hydrogen-bond acceptors (Lipinski definition) is 4. The van der Waals surface area contributed by atoms with Crippen molar-refractivity contribution in [1.82, 2.24) is 0 Å². The van der Waals surface area contributed by atoms with Crippen molar-refractivity contribution in [2.24, 2.45) is 5.92 Å². The maximum Gasteiger partial charge on any atom is 0.338 e. The van der Waals surface area contributed by atoms with Crippen molar-refractivity contribution in [3.8, 4) is 0 Å². The number of carbonyl (C=O) groups excluding carboxylic acids is 3. The average Bonchev–Trinajstić information content (AvgIpc) is 2.62. The van der Waals surface area contributed by atoms with Gasteiger partial charge in [-0.1, -0.05) is 37.0 Å². The predicted octanol–water partition coefficient (Wildman–Crippen LogP) is 4.63. The summed E-state index contributed by atoms with van der Waals surface area (Å²) in [5.74, 6) is -1.28. The van der Waals surface area contributed by atoms with Crippen LogP contribution in [0.15, 0.2) is 42.5 Å². The van der Waals surface area contributed by atoms with Gasteiger partial charge in [0.05, 0.1) is 15.6 Å². The molecule has 0 bridgehead atoms. The number of amides is 1. The van der Waals surface area contributed by atoms with E-state index in [9.17, 15) is 14.4 Å². The first-order chi connectivity index (χ1) is 12.3. The molecule has 0 aromatic heterocycles. The Balaban J connectivity index is 1.94. The largest absolute Gasteiger partial charge is 0.454 e. The molecule has 0 radical (unpaired) electrons. The van der Waals surface area contributed by atoms with Crippen LogP contribution in [0.2, 0.25) is 10.0 Å². The van der Waals surface area contributed by atoms with Gasteiger partial charge < -0.3 is 10.1 Å². The van der Waals surface area contributed by atoms with E-state index in [0.29, 0.717) is 16.3 Å². The standard InChI is InChI=1S/C19H17Cl2NO4/c1-11(2)18(24)22-14-6-3-12(4-7-14)17(23)10-26-19(25)13-5-8-15(20)16(21)9-13/h3-9,11H,10H2,1-2H3,(H,22,24). The second kappa shape index (κ2) is 8.83. The summed E-state index contributed by atoms with van der Waals surface area (Å²) in [6.07, 6.45) is 0. The molecule has 0 spiro atoms. The third-order valence-corrected chi connectivity index (χ3v) is 4.23. The van der Waals surface area contributed by atoms with Gasteiger partial charge in [0.1, 0.15) is 0 Å². The van der Waals surface area contributed by atoms with E-state index in [2.05, 4.69) is 5.32 Å². The quantitative estimate of drug-likeness (QED) is 0.573. The Morgan fingerprint density at radius 1 is 0.962 bits per heavy atom. The molecule has 0 saturated carbocycles. The van der Waals surface area contributed by atoms with E-state index in [-0.39, 0.29) is 28.2 Å². The third-order valence-electron chi connectivity index (χ3n) is 3.49. The topological polar surface area (TPSA) is 72.5 Å². The summed E-state index contributed by atoms with van der Waals surface area (Å²) in [6.45, 7) is 3.17. The number of rotatable bonds is 6. The van der Waals surface area contributed by atoms with Crippen molar-refractivity contribution in [2.75, 3.05) is 11.9 Å².